The van der Waals surface area contributed by atoms with E-state index in [0.717, 1.165) is 49.2 Å². The number of likely N-dealkylation sites (N-methyl/N-ethyl adjacent to an activating group) is 1. The van der Waals surface area contributed by atoms with E-state index in [0.29, 0.717) is 0 Å². The lowest BCUT2D eigenvalue weighted by atomic mass is 10.1. The Hall–Kier alpha value is -1.65. The van der Waals surface area contributed by atoms with Crippen molar-refractivity contribution in [3.05, 3.63) is 46.2 Å². The minimum atomic E-state index is 0.160. The van der Waals surface area contributed by atoms with Crippen molar-refractivity contribution in [2.45, 2.75) is 6.54 Å². The molecule has 19 heavy (non-hydrogen) atoms. The maximum atomic E-state index is 12.4. The van der Waals surface area contributed by atoms with Crippen LogP contribution in [0.5, 0.6) is 0 Å². The summed E-state index contributed by atoms with van der Waals surface area (Å²) in [4.78, 5) is 20.3. The summed E-state index contributed by atoms with van der Waals surface area (Å²) in [6, 6.07) is 7.69. The molecule has 0 amide bonds. The Morgan fingerprint density at radius 2 is 1.89 bits per heavy atom. The molecular formula is C15H19N3O. The Labute approximate surface area is 112 Å². The molecule has 0 bridgehead atoms. The summed E-state index contributed by atoms with van der Waals surface area (Å²) in [5.41, 5.74) is 1.94. The number of pyridine rings is 1. The van der Waals surface area contributed by atoms with Gasteiger partial charge in [0.05, 0.1) is 0 Å². The highest BCUT2D eigenvalue weighted by molar-refractivity contribution is 5.78. The highest BCUT2D eigenvalue weighted by atomic mass is 16.1. The van der Waals surface area contributed by atoms with Crippen molar-refractivity contribution in [1.82, 2.24) is 14.8 Å². The van der Waals surface area contributed by atoms with Crippen molar-refractivity contribution in [3.63, 3.8) is 0 Å². The van der Waals surface area contributed by atoms with Gasteiger partial charge < -0.3 is 9.88 Å². The third kappa shape index (κ3) is 2.55. The number of para-hydroxylation sites is 1. The fourth-order valence-electron chi connectivity index (χ4n) is 2.57. The summed E-state index contributed by atoms with van der Waals surface area (Å²) in [6.45, 7) is 4.95. The maximum Gasteiger partial charge on any atom is 0.193 e. The van der Waals surface area contributed by atoms with Crippen molar-refractivity contribution >= 4 is 10.9 Å². The topological polar surface area (TPSA) is 39.3 Å². The summed E-state index contributed by atoms with van der Waals surface area (Å²) in [5.74, 6) is 0. The van der Waals surface area contributed by atoms with E-state index in [1.807, 2.05) is 30.5 Å². The molecule has 1 fully saturated rings. The molecule has 0 radical (unpaired) electrons. The van der Waals surface area contributed by atoms with Crippen LogP contribution in [0.1, 0.15) is 5.56 Å². The Balaban J connectivity index is 1.85. The normalized spacial score (nSPS) is 17.9. The monoisotopic (exact) mass is 257 g/mol. The molecule has 1 saturated heterocycles. The number of H-pyrrole nitrogens is 1. The molecule has 1 aliphatic rings. The van der Waals surface area contributed by atoms with Gasteiger partial charge in [-0.25, -0.2) is 0 Å². The van der Waals surface area contributed by atoms with Gasteiger partial charge in [0.15, 0.2) is 5.43 Å². The molecule has 4 nitrogen and oxygen atoms in total. The zero-order valence-corrected chi connectivity index (χ0v) is 11.2. The largest absolute Gasteiger partial charge is 0.361 e. The number of fused-ring (bicyclic) bond motifs is 1. The highest BCUT2D eigenvalue weighted by Crippen LogP contribution is 2.09. The molecule has 1 aliphatic heterocycles. The predicted octanol–water partition coefficient (Wildman–Crippen LogP) is 1.28. The summed E-state index contributed by atoms with van der Waals surface area (Å²) < 4.78 is 0. The molecule has 4 heteroatoms. The van der Waals surface area contributed by atoms with Crippen LogP contribution >= 0.6 is 0 Å². The average Bonchev–Trinajstić information content (AvgIpc) is 2.45. The number of piperazine rings is 1. The lowest BCUT2D eigenvalue weighted by Gasteiger charge is -2.32. The van der Waals surface area contributed by atoms with E-state index in [1.165, 1.54) is 0 Å². The lowest BCUT2D eigenvalue weighted by Crippen LogP contribution is -2.44. The van der Waals surface area contributed by atoms with Crippen LogP contribution < -0.4 is 5.43 Å². The number of hydrogen-bond acceptors (Lipinski definition) is 3. The van der Waals surface area contributed by atoms with Gasteiger partial charge in [-0.2, -0.15) is 0 Å². The van der Waals surface area contributed by atoms with Gasteiger partial charge in [-0.3, -0.25) is 9.69 Å². The fourth-order valence-corrected chi connectivity index (χ4v) is 2.57. The highest BCUT2D eigenvalue weighted by Gasteiger charge is 2.15. The molecule has 100 valence electrons. The van der Waals surface area contributed by atoms with E-state index in [4.69, 9.17) is 0 Å². The first kappa shape index (κ1) is 12.4. The zero-order valence-electron chi connectivity index (χ0n) is 11.2. The van der Waals surface area contributed by atoms with E-state index in [2.05, 4.69) is 21.8 Å². The number of rotatable bonds is 2. The summed E-state index contributed by atoms with van der Waals surface area (Å²) >= 11 is 0. The minimum absolute atomic E-state index is 0.160. The molecule has 3 rings (SSSR count). The van der Waals surface area contributed by atoms with Gasteiger partial charge in [-0.1, -0.05) is 12.1 Å². The number of nitrogens with zero attached hydrogens (tertiary/aromatic N) is 2. The lowest BCUT2D eigenvalue weighted by molar-refractivity contribution is 0.148. The SMILES string of the molecule is CN1CCN(Cc2c[nH]c3ccccc3c2=O)CC1. The van der Waals surface area contributed by atoms with Gasteiger partial charge in [-0.15, -0.1) is 0 Å². The molecule has 1 N–H and O–H groups in total. The van der Waals surface area contributed by atoms with Crippen LogP contribution in [0.2, 0.25) is 0 Å². The Kier molecular flexibility index (Phi) is 3.36. The van der Waals surface area contributed by atoms with Crippen molar-refractivity contribution in [3.8, 4) is 0 Å². The number of aromatic nitrogens is 1. The first-order valence-corrected chi connectivity index (χ1v) is 6.74. The number of benzene rings is 1. The predicted molar refractivity (Wildman–Crippen MR) is 77.3 cm³/mol. The van der Waals surface area contributed by atoms with Gasteiger partial charge in [0.1, 0.15) is 0 Å². The average molecular weight is 257 g/mol. The van der Waals surface area contributed by atoms with Gasteiger partial charge >= 0.3 is 0 Å². The van der Waals surface area contributed by atoms with Crippen LogP contribution in [0.3, 0.4) is 0 Å². The Morgan fingerprint density at radius 3 is 2.68 bits per heavy atom. The van der Waals surface area contributed by atoms with E-state index >= 15 is 0 Å². The molecule has 0 aliphatic carbocycles. The van der Waals surface area contributed by atoms with E-state index in [1.54, 1.807) is 0 Å². The molecule has 0 saturated carbocycles. The molecule has 0 unspecified atom stereocenters. The van der Waals surface area contributed by atoms with Gasteiger partial charge in [0, 0.05) is 55.4 Å². The van der Waals surface area contributed by atoms with Crippen LogP contribution in [-0.2, 0) is 6.54 Å². The second-order valence-electron chi connectivity index (χ2n) is 5.27. The van der Waals surface area contributed by atoms with Crippen molar-refractivity contribution in [2.24, 2.45) is 0 Å². The van der Waals surface area contributed by atoms with Gasteiger partial charge in [0.25, 0.3) is 0 Å². The van der Waals surface area contributed by atoms with Crippen molar-refractivity contribution in [1.29, 1.82) is 0 Å². The fraction of sp³-hybridized carbons (Fsp3) is 0.400. The summed E-state index contributed by atoms with van der Waals surface area (Å²) in [7, 11) is 2.14. The second kappa shape index (κ2) is 5.15. The molecule has 1 aromatic heterocycles. The van der Waals surface area contributed by atoms with Gasteiger partial charge in [0.2, 0.25) is 0 Å². The van der Waals surface area contributed by atoms with E-state index in [9.17, 15) is 4.79 Å². The molecule has 0 spiro atoms. The molecule has 1 aromatic carbocycles. The Morgan fingerprint density at radius 1 is 1.16 bits per heavy atom. The molecule has 2 aromatic rings. The summed E-state index contributed by atoms with van der Waals surface area (Å²) in [5, 5.41) is 0.786. The second-order valence-corrected chi connectivity index (χ2v) is 5.27. The van der Waals surface area contributed by atoms with E-state index in [-0.39, 0.29) is 5.43 Å². The number of hydrogen-bond donors (Lipinski definition) is 1. The standard InChI is InChI=1S/C15H19N3O/c1-17-6-8-18(9-7-17)11-12-10-16-14-5-3-2-4-13(14)15(12)19/h2-5,10H,6-9,11H2,1H3,(H,16,19). The minimum Gasteiger partial charge on any atom is -0.361 e. The van der Waals surface area contributed by atoms with Gasteiger partial charge in [-0.05, 0) is 19.2 Å². The maximum absolute atomic E-state index is 12.4. The quantitative estimate of drug-likeness (QED) is 0.881. The van der Waals surface area contributed by atoms with Crippen molar-refractivity contribution in [2.75, 3.05) is 33.2 Å². The third-order valence-corrected chi connectivity index (χ3v) is 3.86. The number of aromatic amines is 1. The number of nitrogens with one attached hydrogen (secondary N) is 1. The molecule has 0 atom stereocenters. The first-order valence-electron chi connectivity index (χ1n) is 6.74. The summed E-state index contributed by atoms with van der Waals surface area (Å²) in [6.07, 6.45) is 1.86. The van der Waals surface area contributed by atoms with Crippen LogP contribution in [0.25, 0.3) is 10.9 Å². The third-order valence-electron chi connectivity index (χ3n) is 3.86. The Bertz CT molecular complexity index is 627. The van der Waals surface area contributed by atoms with Crippen LogP contribution in [0.15, 0.2) is 35.3 Å². The smallest absolute Gasteiger partial charge is 0.193 e. The zero-order chi connectivity index (χ0) is 13.2. The van der Waals surface area contributed by atoms with E-state index < -0.39 is 0 Å². The first-order chi connectivity index (χ1) is 9.24. The van der Waals surface area contributed by atoms with Crippen LogP contribution in [-0.4, -0.2) is 48.0 Å². The molecule has 2 heterocycles. The van der Waals surface area contributed by atoms with Crippen molar-refractivity contribution < 1.29 is 0 Å². The molecular weight excluding hydrogens is 238 g/mol. The van der Waals surface area contributed by atoms with Crippen LogP contribution in [0, 0.1) is 0 Å². The van der Waals surface area contributed by atoms with Crippen LogP contribution in [0.4, 0.5) is 0 Å².